The highest BCUT2D eigenvalue weighted by Crippen LogP contribution is 2.22. The second-order valence-corrected chi connectivity index (χ2v) is 5.18. The molecule has 0 aliphatic heterocycles. The molecule has 1 amide bonds. The molecule has 0 bridgehead atoms. The lowest BCUT2D eigenvalue weighted by atomic mass is 10.0. The minimum Gasteiger partial charge on any atom is -0.366 e. The maximum Gasteiger partial charge on any atom is 0.328 e. The van der Waals surface area contributed by atoms with Gasteiger partial charge in [0, 0.05) is 12.1 Å². The van der Waals surface area contributed by atoms with Crippen LogP contribution < -0.4 is 17.0 Å². The van der Waals surface area contributed by atoms with E-state index in [-0.39, 0.29) is 5.56 Å². The van der Waals surface area contributed by atoms with Crippen molar-refractivity contribution in [3.8, 4) is 11.1 Å². The quantitative estimate of drug-likeness (QED) is 0.766. The van der Waals surface area contributed by atoms with E-state index in [2.05, 4.69) is 4.98 Å². The Morgan fingerprint density at radius 3 is 2.57 bits per heavy atom. The fourth-order valence-corrected chi connectivity index (χ4v) is 2.57. The van der Waals surface area contributed by atoms with Gasteiger partial charge in [0.15, 0.2) is 0 Å². The van der Waals surface area contributed by atoms with Gasteiger partial charge in [0.2, 0.25) is 5.91 Å². The van der Waals surface area contributed by atoms with Gasteiger partial charge in [-0.15, -0.1) is 0 Å². The number of rotatable bonds is 3. The Bertz CT molecular complexity index is 1030. The highest BCUT2D eigenvalue weighted by atomic mass is 16.2. The molecule has 3 N–H and O–H groups in total. The van der Waals surface area contributed by atoms with Crippen LogP contribution in [0.5, 0.6) is 0 Å². The molecule has 0 saturated heterocycles. The summed E-state index contributed by atoms with van der Waals surface area (Å²) in [5.74, 6) is -0.508. The zero-order chi connectivity index (χ0) is 16.6. The number of aromatic nitrogens is 2. The smallest absolute Gasteiger partial charge is 0.328 e. The van der Waals surface area contributed by atoms with Crippen LogP contribution in [-0.4, -0.2) is 15.5 Å². The molecule has 0 radical (unpaired) electrons. The molecule has 1 heterocycles. The highest BCUT2D eigenvalue weighted by molar-refractivity contribution is 5.94. The van der Waals surface area contributed by atoms with Gasteiger partial charge >= 0.3 is 5.69 Å². The summed E-state index contributed by atoms with van der Waals surface area (Å²) in [6, 6.07) is 12.0. The van der Waals surface area contributed by atoms with E-state index in [1.54, 1.807) is 43.3 Å². The maximum atomic E-state index is 12.3. The molecule has 3 rings (SSSR count). The molecule has 0 unspecified atom stereocenters. The van der Waals surface area contributed by atoms with Gasteiger partial charge < -0.3 is 10.7 Å². The fourth-order valence-electron chi connectivity index (χ4n) is 2.57. The first-order chi connectivity index (χ1) is 11.0. The van der Waals surface area contributed by atoms with E-state index in [1.807, 2.05) is 6.07 Å². The second-order valence-electron chi connectivity index (χ2n) is 5.18. The highest BCUT2D eigenvalue weighted by Gasteiger charge is 2.08. The van der Waals surface area contributed by atoms with Crippen LogP contribution in [0.2, 0.25) is 0 Å². The number of amides is 1. The Balaban J connectivity index is 2.22. The number of H-pyrrole nitrogens is 1. The molecule has 0 atom stereocenters. The minimum atomic E-state index is -0.508. The molecular weight excluding hydrogens is 294 g/mol. The molecule has 0 aliphatic carbocycles. The van der Waals surface area contributed by atoms with E-state index in [9.17, 15) is 14.4 Å². The number of carbonyl (C=O) groups is 1. The third-order valence-corrected chi connectivity index (χ3v) is 3.78. The monoisotopic (exact) mass is 309 g/mol. The number of nitrogens with two attached hydrogens (primary N) is 1. The van der Waals surface area contributed by atoms with Crippen molar-refractivity contribution in [1.29, 1.82) is 0 Å². The lowest BCUT2D eigenvalue weighted by Crippen LogP contribution is -2.34. The van der Waals surface area contributed by atoms with Crippen molar-refractivity contribution in [3.05, 3.63) is 68.9 Å². The van der Waals surface area contributed by atoms with Crippen LogP contribution in [0.15, 0.2) is 52.1 Å². The van der Waals surface area contributed by atoms with Gasteiger partial charge in [-0.05, 0) is 42.3 Å². The number of hydrogen-bond donors (Lipinski definition) is 2. The molecule has 0 saturated carbocycles. The lowest BCUT2D eigenvalue weighted by molar-refractivity contribution is 0.100. The van der Waals surface area contributed by atoms with Crippen molar-refractivity contribution in [3.63, 3.8) is 0 Å². The number of aromatic amines is 1. The lowest BCUT2D eigenvalue weighted by Gasteiger charge is -2.07. The Labute approximate surface area is 131 Å². The normalized spacial score (nSPS) is 10.8. The molecular formula is C17H15N3O3. The zero-order valence-corrected chi connectivity index (χ0v) is 12.5. The summed E-state index contributed by atoms with van der Waals surface area (Å²) in [6.45, 7) is 2.05. The van der Waals surface area contributed by atoms with E-state index < -0.39 is 11.6 Å². The molecule has 6 heteroatoms. The molecule has 0 aliphatic rings. The van der Waals surface area contributed by atoms with Gasteiger partial charge in [-0.25, -0.2) is 4.79 Å². The Hall–Kier alpha value is -3.15. The molecule has 0 fully saturated rings. The van der Waals surface area contributed by atoms with Crippen LogP contribution >= 0.6 is 0 Å². The summed E-state index contributed by atoms with van der Waals surface area (Å²) in [6.07, 6.45) is 0. The number of benzene rings is 2. The molecule has 6 nitrogen and oxygen atoms in total. The molecule has 3 aromatic rings. The number of carbonyl (C=O) groups excluding carboxylic acids is 1. The molecule has 2 aromatic carbocycles. The van der Waals surface area contributed by atoms with Crippen LogP contribution in [0.4, 0.5) is 0 Å². The molecule has 23 heavy (non-hydrogen) atoms. The van der Waals surface area contributed by atoms with Crippen LogP contribution in [0, 0.1) is 0 Å². The average Bonchev–Trinajstić information content (AvgIpc) is 2.54. The second kappa shape index (κ2) is 5.57. The van der Waals surface area contributed by atoms with E-state index in [0.717, 1.165) is 15.7 Å². The average molecular weight is 309 g/mol. The SMILES string of the molecule is CCn1c(=O)[nH]c2cc(-c3cccc(C(N)=O)c3)ccc2c1=O. The minimum absolute atomic E-state index is 0.312. The Morgan fingerprint density at radius 1 is 1.13 bits per heavy atom. The standard InChI is InChI=1S/C17H15N3O3/c1-2-20-16(22)13-7-6-11(9-14(13)19-17(20)23)10-4-3-5-12(8-10)15(18)21/h3-9H,2H2,1H3,(H2,18,21)(H,19,23). The fraction of sp³-hybridized carbons (Fsp3) is 0.118. The maximum absolute atomic E-state index is 12.3. The van der Waals surface area contributed by atoms with Crippen LogP contribution in [0.1, 0.15) is 17.3 Å². The van der Waals surface area contributed by atoms with Crippen LogP contribution in [0.3, 0.4) is 0 Å². The Kier molecular flexibility index (Phi) is 3.57. The number of primary amides is 1. The summed E-state index contributed by atoms with van der Waals surface area (Å²) in [5, 5.41) is 0.446. The predicted octanol–water partition coefficient (Wildman–Crippen LogP) is 1.48. The van der Waals surface area contributed by atoms with Gasteiger partial charge in [-0.2, -0.15) is 0 Å². The van der Waals surface area contributed by atoms with E-state index in [4.69, 9.17) is 5.73 Å². The van der Waals surface area contributed by atoms with Crippen molar-refractivity contribution in [2.75, 3.05) is 0 Å². The van der Waals surface area contributed by atoms with Crippen molar-refractivity contribution in [1.82, 2.24) is 9.55 Å². The van der Waals surface area contributed by atoms with E-state index in [0.29, 0.717) is 23.0 Å². The van der Waals surface area contributed by atoms with Gasteiger partial charge in [0.25, 0.3) is 5.56 Å². The number of nitrogens with one attached hydrogen (secondary N) is 1. The van der Waals surface area contributed by atoms with Gasteiger partial charge in [0.1, 0.15) is 0 Å². The van der Waals surface area contributed by atoms with E-state index >= 15 is 0 Å². The third kappa shape index (κ3) is 2.55. The van der Waals surface area contributed by atoms with E-state index in [1.165, 1.54) is 0 Å². The first-order valence-electron chi connectivity index (χ1n) is 7.18. The first-order valence-corrected chi connectivity index (χ1v) is 7.18. The van der Waals surface area contributed by atoms with Crippen molar-refractivity contribution < 1.29 is 4.79 Å². The predicted molar refractivity (Wildman–Crippen MR) is 88.5 cm³/mol. The number of hydrogen-bond acceptors (Lipinski definition) is 3. The van der Waals surface area contributed by atoms with Gasteiger partial charge in [-0.1, -0.05) is 18.2 Å². The zero-order valence-electron chi connectivity index (χ0n) is 12.5. The topological polar surface area (TPSA) is 97.9 Å². The third-order valence-electron chi connectivity index (χ3n) is 3.78. The summed E-state index contributed by atoms with van der Waals surface area (Å²) >= 11 is 0. The number of fused-ring (bicyclic) bond motifs is 1. The molecule has 0 spiro atoms. The van der Waals surface area contributed by atoms with Crippen molar-refractivity contribution in [2.45, 2.75) is 13.5 Å². The summed E-state index contributed by atoms with van der Waals surface area (Å²) in [4.78, 5) is 38.2. The van der Waals surface area contributed by atoms with Gasteiger partial charge in [0.05, 0.1) is 10.9 Å². The Morgan fingerprint density at radius 2 is 1.87 bits per heavy atom. The van der Waals surface area contributed by atoms with Crippen LogP contribution in [0.25, 0.3) is 22.0 Å². The van der Waals surface area contributed by atoms with Crippen molar-refractivity contribution in [2.24, 2.45) is 5.73 Å². The van der Waals surface area contributed by atoms with Crippen molar-refractivity contribution >= 4 is 16.8 Å². The van der Waals surface area contributed by atoms with Crippen LogP contribution in [-0.2, 0) is 6.54 Å². The summed E-state index contributed by atoms with van der Waals surface area (Å²) < 4.78 is 1.15. The summed E-state index contributed by atoms with van der Waals surface area (Å²) in [7, 11) is 0. The molecule has 1 aromatic heterocycles. The first kappa shape index (κ1) is 14.8. The summed E-state index contributed by atoms with van der Waals surface area (Å²) in [5.41, 5.74) is 6.97. The molecule has 116 valence electrons. The number of nitrogens with zero attached hydrogens (tertiary/aromatic N) is 1. The van der Waals surface area contributed by atoms with Gasteiger partial charge in [-0.3, -0.25) is 14.2 Å². The largest absolute Gasteiger partial charge is 0.366 e.